The average Bonchev–Trinajstić information content (AvgIpc) is 3.07. The Morgan fingerprint density at radius 1 is 1.13 bits per heavy atom. The third-order valence-corrected chi connectivity index (χ3v) is 5.26. The molecule has 1 atom stereocenters. The Kier molecular flexibility index (Phi) is 6.36. The molecule has 0 aliphatic carbocycles. The number of aromatic nitrogens is 4. The molecule has 5 heterocycles. The highest BCUT2D eigenvalue weighted by Gasteiger charge is 2.17. The molecule has 158 valence electrons. The summed E-state index contributed by atoms with van der Waals surface area (Å²) in [4.78, 5) is 19.8. The molecule has 0 aromatic carbocycles. The third-order valence-electron chi connectivity index (χ3n) is 5.26. The van der Waals surface area contributed by atoms with Crippen LogP contribution < -0.4 is 15.8 Å². The van der Waals surface area contributed by atoms with Crippen LogP contribution in [0.3, 0.4) is 0 Å². The molecule has 1 aliphatic heterocycles. The van der Waals surface area contributed by atoms with Gasteiger partial charge in [0, 0.05) is 49.7 Å². The summed E-state index contributed by atoms with van der Waals surface area (Å²) < 4.78 is 3.46. The van der Waals surface area contributed by atoms with E-state index in [1.807, 2.05) is 54.2 Å². The molecule has 1 N–H and O–H groups in total. The van der Waals surface area contributed by atoms with Gasteiger partial charge in [0.1, 0.15) is 5.65 Å². The number of rotatable bonds is 2. The molecule has 30 heavy (non-hydrogen) atoms. The summed E-state index contributed by atoms with van der Waals surface area (Å²) in [6.45, 7) is 6.94. The molecule has 1 fully saturated rings. The van der Waals surface area contributed by atoms with Gasteiger partial charge in [-0.1, -0.05) is 0 Å². The molecular formula is C21H24Cl2N6O. The monoisotopic (exact) mass is 446 g/mol. The van der Waals surface area contributed by atoms with E-state index in [0.29, 0.717) is 17.4 Å². The molecule has 0 unspecified atom stereocenters. The summed E-state index contributed by atoms with van der Waals surface area (Å²) in [5.41, 5.74) is 5.16. The Hall–Kier alpha value is -2.61. The van der Waals surface area contributed by atoms with Crippen LogP contribution in [0.5, 0.6) is 0 Å². The quantitative estimate of drug-likeness (QED) is 0.512. The molecule has 0 bridgehead atoms. The lowest BCUT2D eigenvalue weighted by Crippen LogP contribution is -2.49. The number of fused-ring (bicyclic) bond motifs is 2. The predicted molar refractivity (Wildman–Crippen MR) is 125 cm³/mol. The maximum absolute atomic E-state index is 12.8. The van der Waals surface area contributed by atoms with Gasteiger partial charge in [0.05, 0.1) is 22.6 Å². The minimum atomic E-state index is -0.0744. The van der Waals surface area contributed by atoms with Crippen LogP contribution in [0.15, 0.2) is 53.6 Å². The van der Waals surface area contributed by atoms with Crippen LogP contribution in [0.4, 0.5) is 5.69 Å². The van der Waals surface area contributed by atoms with Gasteiger partial charge in [-0.15, -0.1) is 24.8 Å². The van der Waals surface area contributed by atoms with Crippen LogP contribution in [-0.2, 0) is 0 Å². The van der Waals surface area contributed by atoms with Crippen molar-refractivity contribution in [2.75, 3.05) is 24.5 Å². The zero-order chi connectivity index (χ0) is 19.3. The van der Waals surface area contributed by atoms with Crippen LogP contribution in [0.1, 0.15) is 12.6 Å². The minimum Gasteiger partial charge on any atom is -0.368 e. The van der Waals surface area contributed by atoms with Crippen LogP contribution in [0, 0.1) is 6.92 Å². The molecule has 0 radical (unpaired) electrons. The second-order valence-electron chi connectivity index (χ2n) is 7.47. The zero-order valence-corrected chi connectivity index (χ0v) is 18.4. The van der Waals surface area contributed by atoms with Crippen molar-refractivity contribution in [1.82, 2.24) is 24.3 Å². The third kappa shape index (κ3) is 4.01. The number of hydrogen-bond donors (Lipinski definition) is 1. The zero-order valence-electron chi connectivity index (χ0n) is 16.8. The lowest BCUT2D eigenvalue weighted by Gasteiger charge is -2.33. The number of hydrogen-bond acceptors (Lipinski definition) is 5. The summed E-state index contributed by atoms with van der Waals surface area (Å²) in [7, 11) is 0. The van der Waals surface area contributed by atoms with Crippen LogP contribution in [0.25, 0.3) is 22.4 Å². The minimum absolute atomic E-state index is 0. The van der Waals surface area contributed by atoms with Crippen LogP contribution >= 0.6 is 24.8 Å². The number of nitrogens with zero attached hydrogens (tertiary/aromatic N) is 5. The fraction of sp³-hybridized carbons (Fsp3) is 0.286. The highest BCUT2D eigenvalue weighted by molar-refractivity contribution is 5.85. The number of piperazine rings is 1. The molecule has 7 nitrogen and oxygen atoms in total. The second-order valence-corrected chi connectivity index (χ2v) is 7.47. The summed E-state index contributed by atoms with van der Waals surface area (Å²) in [6, 6.07) is 12.0. The van der Waals surface area contributed by atoms with Crippen molar-refractivity contribution in [2.45, 2.75) is 19.9 Å². The topological polar surface area (TPSA) is 66.9 Å². The van der Waals surface area contributed by atoms with Gasteiger partial charge in [-0.25, -0.2) is 9.50 Å². The molecule has 5 rings (SSSR count). The Bertz CT molecular complexity index is 1250. The summed E-state index contributed by atoms with van der Waals surface area (Å²) in [5, 5.41) is 7.84. The molecule has 4 aromatic heterocycles. The van der Waals surface area contributed by atoms with Crippen molar-refractivity contribution in [1.29, 1.82) is 0 Å². The van der Waals surface area contributed by atoms with Crippen molar-refractivity contribution < 1.29 is 0 Å². The highest BCUT2D eigenvalue weighted by Crippen LogP contribution is 2.21. The van der Waals surface area contributed by atoms with Gasteiger partial charge in [-0.05, 0) is 44.2 Å². The molecule has 1 saturated heterocycles. The maximum atomic E-state index is 12.8. The van der Waals surface area contributed by atoms with E-state index >= 15 is 0 Å². The van der Waals surface area contributed by atoms with Crippen molar-refractivity contribution in [3.8, 4) is 11.3 Å². The Labute approximate surface area is 186 Å². The number of pyridine rings is 2. The molecule has 1 aliphatic rings. The van der Waals surface area contributed by atoms with Gasteiger partial charge >= 0.3 is 0 Å². The van der Waals surface area contributed by atoms with E-state index < -0.39 is 0 Å². The van der Waals surface area contributed by atoms with E-state index in [0.717, 1.165) is 42.1 Å². The fourth-order valence-electron chi connectivity index (χ4n) is 3.87. The average molecular weight is 447 g/mol. The first-order valence-electron chi connectivity index (χ1n) is 9.55. The molecule has 9 heteroatoms. The van der Waals surface area contributed by atoms with Crippen molar-refractivity contribution in [2.24, 2.45) is 0 Å². The maximum Gasteiger partial charge on any atom is 0.258 e. The molecule has 4 aromatic rings. The van der Waals surface area contributed by atoms with E-state index in [9.17, 15) is 4.79 Å². The van der Waals surface area contributed by atoms with Gasteiger partial charge in [-0.2, -0.15) is 5.10 Å². The molecular weight excluding hydrogens is 423 g/mol. The van der Waals surface area contributed by atoms with Crippen LogP contribution in [0.2, 0.25) is 0 Å². The van der Waals surface area contributed by atoms with Gasteiger partial charge < -0.3 is 10.2 Å². The number of anilines is 1. The van der Waals surface area contributed by atoms with E-state index in [4.69, 9.17) is 4.98 Å². The smallest absolute Gasteiger partial charge is 0.258 e. The first kappa shape index (κ1) is 22.1. The first-order valence-corrected chi connectivity index (χ1v) is 9.55. The molecule has 0 spiro atoms. The van der Waals surface area contributed by atoms with E-state index in [2.05, 4.69) is 22.2 Å². The standard InChI is InChI=1S/C21H22N6O.2ClH/c1-14-9-18-10-16(5-7-27(18)24-14)19-11-21(28)26-13-17(3-4-20(26)23-19)25-8-6-22-15(2)12-25;;/h3-5,7,9-11,13,15,22H,6,8,12H2,1-2H3;2*1H/t15-;;/m0../s1. The van der Waals surface area contributed by atoms with Gasteiger partial charge in [0.25, 0.3) is 5.56 Å². The molecule has 0 amide bonds. The normalized spacial score (nSPS) is 16.3. The van der Waals surface area contributed by atoms with E-state index in [-0.39, 0.29) is 30.4 Å². The summed E-state index contributed by atoms with van der Waals surface area (Å²) in [6.07, 6.45) is 3.80. The van der Waals surface area contributed by atoms with Gasteiger partial charge in [0.15, 0.2) is 0 Å². The lowest BCUT2D eigenvalue weighted by atomic mass is 10.1. The van der Waals surface area contributed by atoms with Crippen molar-refractivity contribution in [3.05, 3.63) is 64.8 Å². The first-order chi connectivity index (χ1) is 13.6. The highest BCUT2D eigenvalue weighted by atomic mass is 35.5. The van der Waals surface area contributed by atoms with E-state index in [1.54, 1.807) is 10.5 Å². The van der Waals surface area contributed by atoms with Crippen molar-refractivity contribution >= 4 is 41.7 Å². The number of halogens is 2. The largest absolute Gasteiger partial charge is 0.368 e. The lowest BCUT2D eigenvalue weighted by molar-refractivity contribution is 0.484. The van der Waals surface area contributed by atoms with Crippen LogP contribution in [-0.4, -0.2) is 44.7 Å². The summed E-state index contributed by atoms with van der Waals surface area (Å²) >= 11 is 0. The van der Waals surface area contributed by atoms with E-state index in [1.165, 1.54) is 0 Å². The Morgan fingerprint density at radius 3 is 2.77 bits per heavy atom. The Morgan fingerprint density at radius 2 is 1.97 bits per heavy atom. The van der Waals surface area contributed by atoms with Crippen molar-refractivity contribution in [3.63, 3.8) is 0 Å². The fourth-order valence-corrected chi connectivity index (χ4v) is 3.87. The summed E-state index contributed by atoms with van der Waals surface area (Å²) in [5.74, 6) is 0. The van der Waals surface area contributed by atoms with Gasteiger partial charge in [0.2, 0.25) is 0 Å². The SMILES string of the molecule is Cc1cc2cc(-c3cc(=O)n4cc(N5CCN[C@@H](C)C5)ccc4n3)ccn2n1.Cl.Cl. The van der Waals surface area contributed by atoms with Gasteiger partial charge in [-0.3, -0.25) is 9.20 Å². The predicted octanol–water partition coefficient (Wildman–Crippen LogP) is 2.96. The second kappa shape index (κ2) is 8.63. The number of nitrogens with one attached hydrogen (secondary N) is 1. The Balaban J connectivity index is 0.00000128. The molecule has 0 saturated carbocycles. The number of aryl methyl sites for hydroxylation is 1.